The largest absolute Gasteiger partial charge is 0.370 e. The van der Waals surface area contributed by atoms with Crippen molar-refractivity contribution in [1.29, 1.82) is 0 Å². The zero-order chi connectivity index (χ0) is 14.4. The molecule has 2 aromatic carbocycles. The highest BCUT2D eigenvalue weighted by Gasteiger charge is 1.97. The highest BCUT2D eigenvalue weighted by molar-refractivity contribution is 14.0. The highest BCUT2D eigenvalue weighted by Crippen LogP contribution is 2.13. The van der Waals surface area contributed by atoms with Crippen molar-refractivity contribution in [3.05, 3.63) is 64.1 Å². The topological polar surface area (TPSA) is 50.4 Å². The summed E-state index contributed by atoms with van der Waals surface area (Å²) in [4.78, 5) is 4.34. The van der Waals surface area contributed by atoms with Crippen LogP contribution in [-0.2, 0) is 13.0 Å². The molecule has 2 rings (SSSR count). The molecule has 0 aromatic heterocycles. The molecule has 2 aromatic rings. The van der Waals surface area contributed by atoms with E-state index >= 15 is 0 Å². The predicted molar refractivity (Wildman–Crippen MR) is 104 cm³/mol. The monoisotopic (exact) mass is 459 g/mol. The minimum atomic E-state index is 0. The van der Waals surface area contributed by atoms with Crippen molar-refractivity contribution in [3.8, 4) is 0 Å². The van der Waals surface area contributed by atoms with Gasteiger partial charge in [0.25, 0.3) is 0 Å². The van der Waals surface area contributed by atoms with Crippen LogP contribution in [0.3, 0.4) is 0 Å². The highest BCUT2D eigenvalue weighted by atomic mass is 127. The number of aliphatic imine (C=N–C) groups is 1. The molecular formula is C16H19BrIN3. The second-order valence-corrected chi connectivity index (χ2v) is 5.42. The summed E-state index contributed by atoms with van der Waals surface area (Å²) in [5.74, 6) is 0.425. The van der Waals surface area contributed by atoms with Crippen LogP contribution in [-0.4, -0.2) is 5.96 Å². The number of anilines is 1. The van der Waals surface area contributed by atoms with Crippen molar-refractivity contribution in [2.24, 2.45) is 10.7 Å². The summed E-state index contributed by atoms with van der Waals surface area (Å²) in [5.41, 5.74) is 9.27. The van der Waals surface area contributed by atoms with E-state index in [0.717, 1.165) is 22.1 Å². The van der Waals surface area contributed by atoms with Gasteiger partial charge in [-0.05, 0) is 41.8 Å². The Hall–Kier alpha value is -1.08. The molecule has 0 amide bonds. The molecule has 0 bridgehead atoms. The molecule has 0 fully saturated rings. The Morgan fingerprint density at radius 2 is 1.86 bits per heavy atom. The third-order valence-corrected chi connectivity index (χ3v) is 3.45. The minimum Gasteiger partial charge on any atom is -0.370 e. The quantitative estimate of drug-likeness (QED) is 0.400. The van der Waals surface area contributed by atoms with Crippen molar-refractivity contribution in [2.75, 3.05) is 5.32 Å². The van der Waals surface area contributed by atoms with E-state index in [-0.39, 0.29) is 24.0 Å². The second kappa shape index (κ2) is 9.04. The van der Waals surface area contributed by atoms with E-state index in [4.69, 9.17) is 5.73 Å². The number of benzene rings is 2. The molecule has 0 aliphatic rings. The van der Waals surface area contributed by atoms with E-state index in [1.54, 1.807) is 0 Å². The summed E-state index contributed by atoms with van der Waals surface area (Å²) in [6.07, 6.45) is 1.03. The Balaban J connectivity index is 0.00000220. The maximum absolute atomic E-state index is 5.89. The summed E-state index contributed by atoms with van der Waals surface area (Å²) < 4.78 is 1.05. The summed E-state index contributed by atoms with van der Waals surface area (Å²) >= 11 is 3.44. The number of nitrogens with two attached hydrogens (primary N) is 1. The first-order chi connectivity index (χ1) is 9.67. The molecule has 3 N–H and O–H groups in total. The van der Waals surface area contributed by atoms with Crippen LogP contribution in [0, 0.1) is 0 Å². The summed E-state index contributed by atoms with van der Waals surface area (Å²) in [6, 6.07) is 16.2. The molecular weight excluding hydrogens is 441 g/mol. The number of nitrogens with zero attached hydrogens (tertiary/aromatic N) is 1. The fraction of sp³-hybridized carbons (Fsp3) is 0.188. The first-order valence-corrected chi connectivity index (χ1v) is 7.37. The lowest BCUT2D eigenvalue weighted by Gasteiger charge is -2.06. The van der Waals surface area contributed by atoms with Crippen LogP contribution in [0.25, 0.3) is 0 Å². The molecule has 0 atom stereocenters. The van der Waals surface area contributed by atoms with E-state index in [1.807, 2.05) is 36.4 Å². The molecule has 0 saturated heterocycles. The van der Waals surface area contributed by atoms with Gasteiger partial charge in [-0.2, -0.15) is 0 Å². The number of halogens is 2. The minimum absolute atomic E-state index is 0. The Morgan fingerprint density at radius 1 is 1.14 bits per heavy atom. The number of nitrogens with one attached hydrogen (secondary N) is 1. The number of hydrogen-bond acceptors (Lipinski definition) is 1. The lowest BCUT2D eigenvalue weighted by Crippen LogP contribution is -2.22. The van der Waals surface area contributed by atoms with Gasteiger partial charge < -0.3 is 11.1 Å². The van der Waals surface area contributed by atoms with Crippen LogP contribution in [0.5, 0.6) is 0 Å². The Morgan fingerprint density at radius 3 is 2.48 bits per heavy atom. The predicted octanol–water partition coefficient (Wildman–Crippen LogP) is 4.56. The fourth-order valence-corrected chi connectivity index (χ4v) is 2.27. The van der Waals surface area contributed by atoms with Crippen LogP contribution >= 0.6 is 39.9 Å². The molecule has 0 heterocycles. The van der Waals surface area contributed by atoms with Gasteiger partial charge >= 0.3 is 0 Å². The molecule has 0 spiro atoms. The van der Waals surface area contributed by atoms with Gasteiger partial charge in [-0.25, -0.2) is 4.99 Å². The molecule has 0 saturated carbocycles. The van der Waals surface area contributed by atoms with Crippen LogP contribution in [0.1, 0.15) is 18.1 Å². The van der Waals surface area contributed by atoms with Gasteiger partial charge in [0.1, 0.15) is 0 Å². The molecule has 112 valence electrons. The lowest BCUT2D eigenvalue weighted by atomic mass is 10.1. The standard InChI is InChI=1S/C16H18BrN3.HI/c1-2-12-6-8-15(9-7-12)20-16(18)19-11-13-4-3-5-14(17)10-13;/h3-10H,2,11H2,1H3,(H3,18,19,20);1H. The third-order valence-electron chi connectivity index (χ3n) is 2.96. The second-order valence-electron chi connectivity index (χ2n) is 4.51. The Kier molecular flexibility index (Phi) is 7.74. The fourth-order valence-electron chi connectivity index (χ4n) is 1.82. The smallest absolute Gasteiger partial charge is 0.193 e. The average molecular weight is 460 g/mol. The molecule has 0 unspecified atom stereocenters. The molecule has 0 radical (unpaired) electrons. The average Bonchev–Trinajstić information content (AvgIpc) is 2.46. The van der Waals surface area contributed by atoms with E-state index in [1.165, 1.54) is 5.56 Å². The zero-order valence-electron chi connectivity index (χ0n) is 11.8. The number of aryl methyl sites for hydroxylation is 1. The Bertz CT molecular complexity index is 597. The van der Waals surface area contributed by atoms with Crippen LogP contribution in [0.2, 0.25) is 0 Å². The van der Waals surface area contributed by atoms with Crippen molar-refractivity contribution < 1.29 is 0 Å². The normalized spacial score (nSPS) is 10.9. The van der Waals surface area contributed by atoms with Gasteiger partial charge in [0.2, 0.25) is 0 Å². The van der Waals surface area contributed by atoms with Crippen molar-refractivity contribution >= 4 is 51.6 Å². The lowest BCUT2D eigenvalue weighted by molar-refractivity contribution is 1.06. The van der Waals surface area contributed by atoms with Crippen molar-refractivity contribution in [3.63, 3.8) is 0 Å². The summed E-state index contributed by atoms with van der Waals surface area (Å²) in [6.45, 7) is 2.70. The molecule has 3 nitrogen and oxygen atoms in total. The molecule has 0 aliphatic carbocycles. The van der Waals surface area contributed by atoms with Crippen molar-refractivity contribution in [1.82, 2.24) is 0 Å². The maximum Gasteiger partial charge on any atom is 0.193 e. The Labute approximate surface area is 151 Å². The van der Waals surface area contributed by atoms with Gasteiger partial charge in [-0.15, -0.1) is 24.0 Å². The first-order valence-electron chi connectivity index (χ1n) is 6.57. The van der Waals surface area contributed by atoms with Gasteiger partial charge in [-0.1, -0.05) is 47.1 Å². The van der Waals surface area contributed by atoms with Crippen LogP contribution in [0.15, 0.2) is 58.0 Å². The molecule has 0 aliphatic heterocycles. The summed E-state index contributed by atoms with van der Waals surface area (Å²) in [5, 5.41) is 3.09. The van der Waals surface area contributed by atoms with Crippen LogP contribution < -0.4 is 11.1 Å². The molecule has 5 heteroatoms. The van der Waals surface area contributed by atoms with E-state index in [9.17, 15) is 0 Å². The number of rotatable bonds is 4. The van der Waals surface area contributed by atoms with Gasteiger partial charge in [0, 0.05) is 10.2 Å². The van der Waals surface area contributed by atoms with Gasteiger partial charge in [0.15, 0.2) is 5.96 Å². The van der Waals surface area contributed by atoms with E-state index < -0.39 is 0 Å². The number of guanidine groups is 1. The van der Waals surface area contributed by atoms with Gasteiger partial charge in [-0.3, -0.25) is 0 Å². The van der Waals surface area contributed by atoms with Crippen molar-refractivity contribution in [2.45, 2.75) is 19.9 Å². The van der Waals surface area contributed by atoms with Crippen LogP contribution in [0.4, 0.5) is 5.69 Å². The first kappa shape index (κ1) is 18.0. The molecule has 21 heavy (non-hydrogen) atoms. The van der Waals surface area contributed by atoms with Gasteiger partial charge in [0.05, 0.1) is 6.54 Å². The van der Waals surface area contributed by atoms with E-state index in [0.29, 0.717) is 12.5 Å². The zero-order valence-corrected chi connectivity index (χ0v) is 15.8. The maximum atomic E-state index is 5.89. The third kappa shape index (κ3) is 6.05. The number of hydrogen-bond donors (Lipinski definition) is 2. The SMILES string of the molecule is CCc1ccc(NC(N)=NCc2cccc(Br)c2)cc1.I. The summed E-state index contributed by atoms with van der Waals surface area (Å²) in [7, 11) is 0. The van der Waals surface area contributed by atoms with E-state index in [2.05, 4.69) is 45.3 Å².